The normalized spacial score (nSPS) is 10.1. The van der Waals surface area contributed by atoms with E-state index in [0.29, 0.717) is 18.3 Å². The summed E-state index contributed by atoms with van der Waals surface area (Å²) >= 11 is 3.39. The Kier molecular flexibility index (Phi) is 5.12. The Bertz CT molecular complexity index is 625. The highest BCUT2D eigenvalue weighted by atomic mass is 79.9. The molecule has 2 aromatic rings. The van der Waals surface area contributed by atoms with Crippen molar-refractivity contribution >= 4 is 33.5 Å². The second-order valence-corrected chi connectivity index (χ2v) is 4.67. The molecule has 0 amide bonds. The number of ether oxygens (including phenoxy) is 2. The molecule has 0 aliphatic carbocycles. The van der Waals surface area contributed by atoms with Crippen LogP contribution >= 0.6 is 15.9 Å². The van der Waals surface area contributed by atoms with Gasteiger partial charge in [0.15, 0.2) is 0 Å². The van der Waals surface area contributed by atoms with Crippen LogP contribution in [-0.2, 0) is 0 Å². The summed E-state index contributed by atoms with van der Waals surface area (Å²) in [5, 5.41) is 3.04. The fourth-order valence-electron chi connectivity index (χ4n) is 1.54. The van der Waals surface area contributed by atoms with Gasteiger partial charge in [0.05, 0.1) is 18.2 Å². The molecule has 0 radical (unpaired) electrons. The van der Waals surface area contributed by atoms with E-state index in [2.05, 4.69) is 41.6 Å². The van der Waals surface area contributed by atoms with E-state index in [-0.39, 0.29) is 12.0 Å². The molecule has 4 N–H and O–H groups in total. The largest absolute Gasteiger partial charge is 0.495 e. The first-order valence-corrected chi connectivity index (χ1v) is 6.91. The molecular weight excluding hydrogens is 340 g/mol. The minimum Gasteiger partial charge on any atom is -0.495 e. The maximum atomic E-state index is 5.33. The van der Waals surface area contributed by atoms with Gasteiger partial charge in [0.1, 0.15) is 5.75 Å². The molecule has 0 aliphatic rings. The summed E-state index contributed by atoms with van der Waals surface area (Å²) in [4.78, 5) is 12.2. The van der Waals surface area contributed by atoms with Gasteiger partial charge < -0.3 is 14.8 Å². The van der Waals surface area contributed by atoms with Crippen molar-refractivity contribution in [2.24, 2.45) is 5.84 Å². The van der Waals surface area contributed by atoms with Crippen molar-refractivity contribution < 1.29 is 9.47 Å². The molecule has 9 heteroatoms. The molecule has 1 aromatic carbocycles. The van der Waals surface area contributed by atoms with Gasteiger partial charge in [0, 0.05) is 11.8 Å². The van der Waals surface area contributed by atoms with E-state index in [1.165, 1.54) is 0 Å². The molecule has 0 atom stereocenters. The number of methoxy groups -OCH3 is 1. The van der Waals surface area contributed by atoms with E-state index in [9.17, 15) is 0 Å². The van der Waals surface area contributed by atoms with Crippen LogP contribution in [0.1, 0.15) is 6.92 Å². The Balaban J connectivity index is 2.27. The van der Waals surface area contributed by atoms with Gasteiger partial charge in [0.25, 0.3) is 0 Å². The van der Waals surface area contributed by atoms with Crippen LogP contribution in [0.2, 0.25) is 0 Å². The molecule has 0 saturated carbocycles. The zero-order chi connectivity index (χ0) is 15.2. The lowest BCUT2D eigenvalue weighted by molar-refractivity contribution is 0.312. The SMILES string of the molecule is CCOc1nc(NN)nc(Nc2ccc(Br)c(OC)c2)n1. The molecule has 0 saturated heterocycles. The highest BCUT2D eigenvalue weighted by Gasteiger charge is 2.08. The number of hydrazine groups is 1. The number of benzene rings is 1. The molecule has 0 aliphatic heterocycles. The number of nitrogens with zero attached hydrogens (tertiary/aromatic N) is 3. The van der Waals surface area contributed by atoms with Gasteiger partial charge >= 0.3 is 6.01 Å². The Morgan fingerprint density at radius 3 is 2.67 bits per heavy atom. The van der Waals surface area contributed by atoms with Gasteiger partial charge in [-0.25, -0.2) is 5.84 Å². The first-order valence-electron chi connectivity index (χ1n) is 6.12. The molecule has 112 valence electrons. The number of hydrogen-bond acceptors (Lipinski definition) is 8. The smallest absolute Gasteiger partial charge is 0.323 e. The second kappa shape index (κ2) is 7.04. The van der Waals surface area contributed by atoms with Crippen molar-refractivity contribution in [3.8, 4) is 11.8 Å². The van der Waals surface area contributed by atoms with E-state index < -0.39 is 0 Å². The second-order valence-electron chi connectivity index (χ2n) is 3.82. The van der Waals surface area contributed by atoms with Gasteiger partial charge in [-0.3, -0.25) is 5.43 Å². The van der Waals surface area contributed by atoms with Gasteiger partial charge in [-0.2, -0.15) is 15.0 Å². The van der Waals surface area contributed by atoms with Gasteiger partial charge in [-0.1, -0.05) is 0 Å². The van der Waals surface area contributed by atoms with Crippen molar-refractivity contribution in [2.75, 3.05) is 24.5 Å². The molecule has 0 unspecified atom stereocenters. The summed E-state index contributed by atoms with van der Waals surface area (Å²) < 4.78 is 11.3. The highest BCUT2D eigenvalue weighted by molar-refractivity contribution is 9.10. The lowest BCUT2D eigenvalue weighted by atomic mass is 10.3. The number of halogens is 1. The van der Waals surface area contributed by atoms with Gasteiger partial charge in [-0.15, -0.1) is 0 Å². The number of nitrogens with two attached hydrogens (primary N) is 1. The Labute approximate surface area is 130 Å². The number of nitrogens with one attached hydrogen (secondary N) is 2. The van der Waals surface area contributed by atoms with E-state index in [1.54, 1.807) is 7.11 Å². The quantitative estimate of drug-likeness (QED) is 0.534. The van der Waals surface area contributed by atoms with Crippen LogP contribution in [0.5, 0.6) is 11.8 Å². The molecule has 8 nitrogen and oxygen atoms in total. The van der Waals surface area contributed by atoms with E-state index in [4.69, 9.17) is 15.3 Å². The van der Waals surface area contributed by atoms with Crippen molar-refractivity contribution in [3.05, 3.63) is 22.7 Å². The van der Waals surface area contributed by atoms with Crippen molar-refractivity contribution in [3.63, 3.8) is 0 Å². The third kappa shape index (κ3) is 3.92. The third-order valence-electron chi connectivity index (χ3n) is 2.42. The van der Waals surface area contributed by atoms with Crippen molar-refractivity contribution in [1.82, 2.24) is 15.0 Å². The lowest BCUT2D eigenvalue weighted by Gasteiger charge is -2.10. The molecule has 0 fully saturated rings. The number of hydrogen-bond donors (Lipinski definition) is 3. The van der Waals surface area contributed by atoms with Crippen LogP contribution in [0, 0.1) is 0 Å². The van der Waals surface area contributed by atoms with E-state index in [1.807, 2.05) is 25.1 Å². The van der Waals surface area contributed by atoms with Crippen LogP contribution in [-0.4, -0.2) is 28.7 Å². The van der Waals surface area contributed by atoms with Gasteiger partial charge in [0.2, 0.25) is 11.9 Å². The summed E-state index contributed by atoms with van der Waals surface area (Å²) in [6.45, 7) is 2.28. The van der Waals surface area contributed by atoms with E-state index >= 15 is 0 Å². The standard InChI is InChI=1S/C12H15BrN6O2/c1-3-21-12-17-10(16-11(18-12)19-14)15-7-4-5-8(13)9(6-7)20-2/h4-6H,3,14H2,1-2H3,(H2,15,16,17,18,19). The van der Waals surface area contributed by atoms with Crippen LogP contribution in [0.3, 0.4) is 0 Å². The van der Waals surface area contributed by atoms with Crippen molar-refractivity contribution in [2.45, 2.75) is 6.92 Å². The molecule has 1 heterocycles. The molecule has 1 aromatic heterocycles. The summed E-state index contributed by atoms with van der Waals surface area (Å²) in [5.41, 5.74) is 3.13. The summed E-state index contributed by atoms with van der Waals surface area (Å²) in [6, 6.07) is 5.70. The first-order chi connectivity index (χ1) is 10.2. The fraction of sp³-hybridized carbons (Fsp3) is 0.250. The minimum atomic E-state index is 0.187. The molecule has 21 heavy (non-hydrogen) atoms. The van der Waals surface area contributed by atoms with Crippen LogP contribution in [0.25, 0.3) is 0 Å². The molecule has 0 bridgehead atoms. The predicted octanol–water partition coefficient (Wildman–Crippen LogP) is 2.07. The Morgan fingerprint density at radius 1 is 1.24 bits per heavy atom. The van der Waals surface area contributed by atoms with Crippen LogP contribution in [0.4, 0.5) is 17.6 Å². The predicted molar refractivity (Wildman–Crippen MR) is 82.8 cm³/mol. The van der Waals surface area contributed by atoms with Crippen molar-refractivity contribution in [1.29, 1.82) is 0 Å². The molecule has 0 spiro atoms. The van der Waals surface area contributed by atoms with Crippen LogP contribution in [0.15, 0.2) is 22.7 Å². The highest BCUT2D eigenvalue weighted by Crippen LogP contribution is 2.29. The van der Waals surface area contributed by atoms with Crippen LogP contribution < -0.4 is 26.1 Å². The Hall–Kier alpha value is -2.13. The maximum absolute atomic E-state index is 5.33. The summed E-state index contributed by atoms with van der Waals surface area (Å²) in [7, 11) is 1.59. The van der Waals surface area contributed by atoms with E-state index in [0.717, 1.165) is 10.2 Å². The fourth-order valence-corrected chi connectivity index (χ4v) is 1.95. The maximum Gasteiger partial charge on any atom is 0.323 e. The van der Waals surface area contributed by atoms with Gasteiger partial charge in [-0.05, 0) is 35.0 Å². The summed E-state index contributed by atoms with van der Waals surface area (Å²) in [5.74, 6) is 6.54. The first kappa shape index (κ1) is 15.3. The zero-order valence-electron chi connectivity index (χ0n) is 11.6. The number of nitrogen functional groups attached to an aromatic ring is 1. The Morgan fingerprint density at radius 2 is 2.00 bits per heavy atom. The average Bonchev–Trinajstić information content (AvgIpc) is 2.49. The summed E-state index contributed by atoms with van der Waals surface area (Å²) in [6.07, 6.45) is 0. The lowest BCUT2D eigenvalue weighted by Crippen LogP contribution is -2.13. The molecular formula is C12H15BrN6O2. The third-order valence-corrected chi connectivity index (χ3v) is 3.08. The molecule has 2 rings (SSSR count). The zero-order valence-corrected chi connectivity index (χ0v) is 13.1. The number of aromatic nitrogens is 3. The minimum absolute atomic E-state index is 0.187. The topological polar surface area (TPSA) is 107 Å². The average molecular weight is 355 g/mol. The number of rotatable bonds is 6. The monoisotopic (exact) mass is 354 g/mol. The number of anilines is 3.